The van der Waals surface area contributed by atoms with Gasteiger partial charge in [0.1, 0.15) is 22.1 Å². The molecule has 0 saturated carbocycles. The molecular formula is C22H25ClFN3O6. The first-order valence-electron chi connectivity index (χ1n) is 10.2. The minimum Gasteiger partial charge on any atom is -0.453 e. The first kappa shape index (κ1) is 24.5. The normalized spacial score (nSPS) is 16.5. The number of amides is 1. The summed E-state index contributed by atoms with van der Waals surface area (Å²) >= 11 is 6.53. The molecule has 1 aliphatic rings. The van der Waals surface area contributed by atoms with Crippen molar-refractivity contribution in [2.75, 3.05) is 31.6 Å². The Hall–Kier alpha value is -3.11. The lowest BCUT2D eigenvalue weighted by atomic mass is 10.2. The van der Waals surface area contributed by atoms with Crippen LogP contribution in [0.2, 0.25) is 5.02 Å². The third-order valence-corrected chi connectivity index (χ3v) is 5.23. The first-order chi connectivity index (χ1) is 15.5. The number of rotatable bonds is 5. The number of halogens is 2. The maximum atomic E-state index is 14.1. The number of anilines is 1. The number of nitrogens with zero attached hydrogens (tertiary/aromatic N) is 3. The summed E-state index contributed by atoms with van der Waals surface area (Å²) in [6.07, 6.45) is -1.29. The van der Waals surface area contributed by atoms with Gasteiger partial charge >= 0.3 is 6.09 Å². The lowest BCUT2D eigenvalue weighted by molar-refractivity contribution is -0.384. The van der Waals surface area contributed by atoms with Crippen molar-refractivity contribution in [3.63, 3.8) is 0 Å². The van der Waals surface area contributed by atoms with Crippen LogP contribution in [0.3, 0.4) is 0 Å². The van der Waals surface area contributed by atoms with Gasteiger partial charge in [-0.3, -0.25) is 15.0 Å². The first-order valence-corrected chi connectivity index (χ1v) is 10.6. The fraction of sp³-hybridized carbons (Fsp3) is 0.409. The number of ether oxygens (including phenoxy) is 3. The van der Waals surface area contributed by atoms with Gasteiger partial charge < -0.3 is 19.1 Å². The summed E-state index contributed by atoms with van der Waals surface area (Å²) in [5.74, 6) is -0.603. The van der Waals surface area contributed by atoms with Crippen molar-refractivity contribution >= 4 is 29.1 Å². The quantitative estimate of drug-likeness (QED) is 0.427. The Morgan fingerprint density at radius 2 is 1.88 bits per heavy atom. The molecule has 0 aliphatic carbocycles. The maximum Gasteiger partial charge on any atom is 0.412 e. The Morgan fingerprint density at radius 1 is 1.18 bits per heavy atom. The molecule has 0 aromatic heterocycles. The van der Waals surface area contributed by atoms with E-state index in [4.69, 9.17) is 25.8 Å². The van der Waals surface area contributed by atoms with Gasteiger partial charge in [0.05, 0.1) is 11.5 Å². The van der Waals surface area contributed by atoms with E-state index in [-0.39, 0.29) is 47.5 Å². The van der Waals surface area contributed by atoms with Crippen LogP contribution in [0.25, 0.3) is 0 Å². The second-order valence-electron chi connectivity index (χ2n) is 8.35. The third kappa shape index (κ3) is 5.63. The van der Waals surface area contributed by atoms with Gasteiger partial charge in [-0.25, -0.2) is 9.18 Å². The number of benzene rings is 2. The SMILES string of the molecule is CO[C@H]1CN(c2c([N+](=O)[O-])ccc(Oc3ccccc3F)c2Cl)CCN1C(=O)OC(C)(C)C. The molecule has 0 N–H and O–H groups in total. The van der Waals surface area contributed by atoms with Crippen LogP contribution < -0.4 is 9.64 Å². The summed E-state index contributed by atoms with van der Waals surface area (Å²) in [4.78, 5) is 26.8. The fourth-order valence-corrected chi connectivity index (χ4v) is 3.71. The van der Waals surface area contributed by atoms with E-state index in [0.29, 0.717) is 0 Å². The van der Waals surface area contributed by atoms with Gasteiger partial charge in [0.2, 0.25) is 0 Å². The molecule has 1 saturated heterocycles. The average molecular weight is 482 g/mol. The van der Waals surface area contributed by atoms with Crippen molar-refractivity contribution in [1.29, 1.82) is 0 Å². The van der Waals surface area contributed by atoms with E-state index in [1.807, 2.05) is 0 Å². The standard InChI is InChI=1S/C22H25ClFN3O6/c1-22(2,3)33-21(28)26-12-11-25(13-18(26)31-4)20-15(27(29)30)9-10-17(19(20)23)32-16-8-6-5-7-14(16)24/h5-10,18H,11-13H2,1-4H3/t18-/m0/s1. The molecule has 2 aromatic rings. The van der Waals surface area contributed by atoms with E-state index in [0.717, 1.165) is 0 Å². The molecule has 0 unspecified atom stereocenters. The van der Waals surface area contributed by atoms with Gasteiger partial charge in [0, 0.05) is 26.3 Å². The van der Waals surface area contributed by atoms with Gasteiger partial charge in [-0.05, 0) is 39.0 Å². The smallest absolute Gasteiger partial charge is 0.412 e. The number of carbonyl (C=O) groups excluding carboxylic acids is 1. The highest BCUT2D eigenvalue weighted by Gasteiger charge is 2.37. The molecule has 0 bridgehead atoms. The van der Waals surface area contributed by atoms with Crippen molar-refractivity contribution in [3.8, 4) is 11.5 Å². The number of piperazine rings is 1. The Labute approximate surface area is 195 Å². The van der Waals surface area contributed by atoms with E-state index in [1.165, 1.54) is 42.3 Å². The summed E-state index contributed by atoms with van der Waals surface area (Å²) in [7, 11) is 1.43. The highest BCUT2D eigenvalue weighted by Crippen LogP contribution is 2.44. The molecule has 1 heterocycles. The van der Waals surface area contributed by atoms with Crippen LogP contribution in [0, 0.1) is 15.9 Å². The van der Waals surface area contributed by atoms with E-state index in [2.05, 4.69) is 0 Å². The van der Waals surface area contributed by atoms with Crippen molar-refractivity contribution in [1.82, 2.24) is 4.90 Å². The Morgan fingerprint density at radius 3 is 2.48 bits per heavy atom. The predicted octanol–water partition coefficient (Wildman–Crippen LogP) is 5.21. The molecule has 9 nitrogen and oxygen atoms in total. The topological polar surface area (TPSA) is 94.4 Å². The van der Waals surface area contributed by atoms with Crippen LogP contribution in [-0.2, 0) is 9.47 Å². The van der Waals surface area contributed by atoms with Crippen LogP contribution in [0.15, 0.2) is 36.4 Å². The van der Waals surface area contributed by atoms with E-state index in [9.17, 15) is 19.3 Å². The number of nitro benzene ring substituents is 1. The number of nitro groups is 1. The minimum atomic E-state index is -0.736. The Balaban J connectivity index is 1.92. The van der Waals surface area contributed by atoms with E-state index in [1.54, 1.807) is 31.7 Å². The van der Waals surface area contributed by atoms with Gasteiger partial charge in [-0.1, -0.05) is 23.7 Å². The molecule has 2 aromatic carbocycles. The second-order valence-corrected chi connectivity index (χ2v) is 8.72. The van der Waals surface area contributed by atoms with E-state index < -0.39 is 28.7 Å². The molecule has 33 heavy (non-hydrogen) atoms. The zero-order valence-corrected chi connectivity index (χ0v) is 19.5. The zero-order chi connectivity index (χ0) is 24.3. The molecule has 3 rings (SSSR count). The number of hydrogen-bond acceptors (Lipinski definition) is 7. The number of carbonyl (C=O) groups is 1. The molecule has 178 valence electrons. The summed E-state index contributed by atoms with van der Waals surface area (Å²) in [5.41, 5.74) is -0.838. The molecule has 1 amide bonds. The number of para-hydroxylation sites is 1. The number of hydrogen-bond donors (Lipinski definition) is 0. The zero-order valence-electron chi connectivity index (χ0n) is 18.7. The Kier molecular flexibility index (Phi) is 7.28. The van der Waals surface area contributed by atoms with Crippen molar-refractivity contribution in [2.45, 2.75) is 32.6 Å². The average Bonchev–Trinajstić information content (AvgIpc) is 2.74. The highest BCUT2D eigenvalue weighted by atomic mass is 35.5. The minimum absolute atomic E-state index is 0.0481. The summed E-state index contributed by atoms with van der Waals surface area (Å²) < 4.78 is 30.5. The fourth-order valence-electron chi connectivity index (χ4n) is 3.39. The van der Waals surface area contributed by atoms with Crippen LogP contribution >= 0.6 is 11.6 Å². The summed E-state index contributed by atoms with van der Waals surface area (Å²) in [6.45, 7) is 5.77. The van der Waals surface area contributed by atoms with Crippen LogP contribution in [0.1, 0.15) is 20.8 Å². The van der Waals surface area contributed by atoms with Gasteiger partial charge in [-0.15, -0.1) is 0 Å². The lowest BCUT2D eigenvalue weighted by Crippen LogP contribution is -2.57. The monoisotopic (exact) mass is 481 g/mol. The van der Waals surface area contributed by atoms with Gasteiger partial charge in [-0.2, -0.15) is 0 Å². The molecule has 0 spiro atoms. The van der Waals surface area contributed by atoms with Gasteiger partial charge in [0.25, 0.3) is 5.69 Å². The Bertz CT molecular complexity index is 1050. The van der Waals surface area contributed by atoms with Crippen molar-refractivity contribution in [2.24, 2.45) is 0 Å². The second kappa shape index (κ2) is 9.80. The van der Waals surface area contributed by atoms with Crippen LogP contribution in [0.5, 0.6) is 11.5 Å². The highest BCUT2D eigenvalue weighted by molar-refractivity contribution is 6.35. The molecule has 11 heteroatoms. The number of methoxy groups -OCH3 is 1. The van der Waals surface area contributed by atoms with Crippen LogP contribution in [-0.4, -0.2) is 54.5 Å². The van der Waals surface area contributed by atoms with Crippen LogP contribution in [0.4, 0.5) is 20.6 Å². The molecule has 0 radical (unpaired) electrons. The maximum absolute atomic E-state index is 14.1. The largest absolute Gasteiger partial charge is 0.453 e. The van der Waals surface area contributed by atoms with Crippen molar-refractivity contribution in [3.05, 3.63) is 57.4 Å². The summed E-state index contributed by atoms with van der Waals surface area (Å²) in [5, 5.41) is 11.7. The van der Waals surface area contributed by atoms with E-state index >= 15 is 0 Å². The molecule has 1 fully saturated rings. The molecule has 1 aliphatic heterocycles. The molecular weight excluding hydrogens is 457 g/mol. The van der Waals surface area contributed by atoms with Crippen molar-refractivity contribution < 1.29 is 28.3 Å². The lowest BCUT2D eigenvalue weighted by Gasteiger charge is -2.41. The third-order valence-electron chi connectivity index (χ3n) is 4.86. The predicted molar refractivity (Wildman–Crippen MR) is 121 cm³/mol. The summed E-state index contributed by atoms with van der Waals surface area (Å²) in [6, 6.07) is 8.33. The van der Waals surface area contributed by atoms with Gasteiger partial charge in [0.15, 0.2) is 17.8 Å². The molecule has 1 atom stereocenters.